The molecule has 1 aliphatic rings. The number of halogens is 1. The van der Waals surface area contributed by atoms with Gasteiger partial charge in [0, 0.05) is 0 Å². The van der Waals surface area contributed by atoms with E-state index in [1.165, 1.54) is 11.3 Å². The molecule has 18 heavy (non-hydrogen) atoms. The van der Waals surface area contributed by atoms with Gasteiger partial charge in [-0.3, -0.25) is 4.79 Å². The number of carbonyl (C=O) groups excluding carboxylic acids is 1. The van der Waals surface area contributed by atoms with Crippen LogP contribution >= 0.6 is 22.9 Å². The molecular formula is C13H13ClN2OS. The largest absolute Gasteiger partial charge is 0.307 e. The summed E-state index contributed by atoms with van der Waals surface area (Å²) in [5.74, 6) is 0.104. The highest BCUT2D eigenvalue weighted by atomic mass is 35.5. The van der Waals surface area contributed by atoms with Crippen LogP contribution in [0.2, 0.25) is 5.02 Å². The first kappa shape index (κ1) is 12.1. The quantitative estimate of drug-likeness (QED) is 0.859. The van der Waals surface area contributed by atoms with Crippen molar-refractivity contribution in [3.63, 3.8) is 0 Å². The number of para-hydroxylation sites is 1. The summed E-state index contributed by atoms with van der Waals surface area (Å²) in [4.78, 5) is 16.7. The number of ketones is 1. The van der Waals surface area contributed by atoms with Gasteiger partial charge in [0.2, 0.25) is 5.78 Å². The maximum absolute atomic E-state index is 12.3. The molecule has 1 atom stereocenters. The molecule has 1 aromatic heterocycles. The first-order valence-electron chi connectivity index (χ1n) is 6.08. The van der Waals surface area contributed by atoms with E-state index in [0.717, 1.165) is 36.0 Å². The number of rotatable bonds is 2. The Morgan fingerprint density at radius 3 is 3.06 bits per heavy atom. The molecule has 0 radical (unpaired) electrons. The van der Waals surface area contributed by atoms with Gasteiger partial charge in [-0.05, 0) is 31.5 Å². The Balaban J connectivity index is 1.94. The number of carbonyl (C=O) groups is 1. The molecule has 1 unspecified atom stereocenters. The van der Waals surface area contributed by atoms with Crippen LogP contribution in [0.15, 0.2) is 18.2 Å². The number of benzene rings is 1. The van der Waals surface area contributed by atoms with Crippen LogP contribution in [0.25, 0.3) is 10.2 Å². The van der Waals surface area contributed by atoms with Gasteiger partial charge in [-0.25, -0.2) is 4.98 Å². The van der Waals surface area contributed by atoms with Gasteiger partial charge in [0.05, 0.1) is 15.8 Å². The molecule has 0 bridgehead atoms. The zero-order valence-corrected chi connectivity index (χ0v) is 11.4. The summed E-state index contributed by atoms with van der Waals surface area (Å²) in [7, 11) is 0. The van der Waals surface area contributed by atoms with Crippen molar-refractivity contribution in [2.45, 2.75) is 25.3 Å². The lowest BCUT2D eigenvalue weighted by molar-refractivity contribution is 0.0927. The van der Waals surface area contributed by atoms with Gasteiger partial charge in [0.15, 0.2) is 5.01 Å². The minimum absolute atomic E-state index is 0.0712. The van der Waals surface area contributed by atoms with Crippen molar-refractivity contribution in [3.05, 3.63) is 28.2 Å². The topological polar surface area (TPSA) is 42.0 Å². The van der Waals surface area contributed by atoms with Crippen LogP contribution in [-0.4, -0.2) is 23.4 Å². The Kier molecular flexibility index (Phi) is 3.33. The molecule has 2 heterocycles. The first-order chi connectivity index (χ1) is 8.75. The van der Waals surface area contributed by atoms with E-state index in [9.17, 15) is 4.79 Å². The number of hydrogen-bond donors (Lipinski definition) is 1. The SMILES string of the molecule is O=C(c1nc2c(Cl)cccc2s1)C1CCCCN1. The number of aromatic nitrogens is 1. The molecule has 0 spiro atoms. The lowest BCUT2D eigenvalue weighted by Crippen LogP contribution is -2.40. The average Bonchev–Trinajstić information content (AvgIpc) is 2.84. The predicted molar refractivity (Wildman–Crippen MR) is 74.6 cm³/mol. The number of hydrogen-bond acceptors (Lipinski definition) is 4. The minimum atomic E-state index is -0.0712. The standard InChI is InChI=1S/C13H13ClN2OS/c14-8-4-3-6-10-11(8)16-13(18-10)12(17)9-5-1-2-7-15-9/h3-4,6,9,15H,1-2,5,7H2. The molecule has 1 saturated heterocycles. The third kappa shape index (κ3) is 2.16. The summed E-state index contributed by atoms with van der Waals surface area (Å²) in [6.45, 7) is 0.919. The molecule has 1 N–H and O–H groups in total. The number of fused-ring (bicyclic) bond motifs is 1. The molecule has 1 aliphatic heterocycles. The van der Waals surface area contributed by atoms with Crippen LogP contribution in [0.4, 0.5) is 0 Å². The van der Waals surface area contributed by atoms with Crippen molar-refractivity contribution in [1.82, 2.24) is 10.3 Å². The lowest BCUT2D eigenvalue weighted by atomic mass is 10.0. The van der Waals surface area contributed by atoms with Crippen molar-refractivity contribution in [3.8, 4) is 0 Å². The summed E-state index contributed by atoms with van der Waals surface area (Å²) < 4.78 is 0.974. The van der Waals surface area contributed by atoms with E-state index < -0.39 is 0 Å². The minimum Gasteiger partial charge on any atom is -0.307 e. The number of nitrogens with zero attached hydrogens (tertiary/aromatic N) is 1. The van der Waals surface area contributed by atoms with E-state index in [0.29, 0.717) is 10.0 Å². The third-order valence-electron chi connectivity index (χ3n) is 3.21. The molecule has 3 rings (SSSR count). The van der Waals surface area contributed by atoms with Crippen LogP contribution in [0.1, 0.15) is 29.1 Å². The van der Waals surface area contributed by atoms with Crippen LogP contribution in [-0.2, 0) is 0 Å². The van der Waals surface area contributed by atoms with Gasteiger partial charge >= 0.3 is 0 Å². The maximum Gasteiger partial charge on any atom is 0.208 e. The number of Topliss-reactive ketones (excluding diaryl/α,β-unsaturated/α-hetero) is 1. The number of piperidine rings is 1. The normalized spacial score (nSPS) is 20.2. The molecule has 0 aliphatic carbocycles. The number of thiazole rings is 1. The van der Waals surface area contributed by atoms with Gasteiger partial charge in [-0.2, -0.15) is 0 Å². The van der Waals surface area contributed by atoms with Crippen molar-refractivity contribution in [1.29, 1.82) is 0 Å². The number of nitrogens with one attached hydrogen (secondary N) is 1. The lowest BCUT2D eigenvalue weighted by Gasteiger charge is -2.20. The Morgan fingerprint density at radius 1 is 1.44 bits per heavy atom. The fraction of sp³-hybridized carbons (Fsp3) is 0.385. The Bertz CT molecular complexity index is 590. The van der Waals surface area contributed by atoms with Crippen LogP contribution in [0.3, 0.4) is 0 Å². The predicted octanol–water partition coefficient (Wildman–Crippen LogP) is 3.27. The van der Waals surface area contributed by atoms with Crippen molar-refractivity contribution in [2.24, 2.45) is 0 Å². The first-order valence-corrected chi connectivity index (χ1v) is 7.28. The summed E-state index contributed by atoms with van der Waals surface area (Å²) in [5.41, 5.74) is 0.739. The van der Waals surface area contributed by atoms with Crippen LogP contribution in [0, 0.1) is 0 Å². The maximum atomic E-state index is 12.3. The fourth-order valence-corrected chi connectivity index (χ4v) is 3.50. The zero-order chi connectivity index (χ0) is 12.5. The van der Waals surface area contributed by atoms with Crippen LogP contribution in [0.5, 0.6) is 0 Å². The summed E-state index contributed by atoms with van der Waals surface area (Å²) in [6.07, 6.45) is 3.16. The molecule has 0 amide bonds. The fourth-order valence-electron chi connectivity index (χ4n) is 2.24. The van der Waals surface area contributed by atoms with Gasteiger partial charge < -0.3 is 5.32 Å². The molecule has 1 aromatic carbocycles. The Morgan fingerprint density at radius 2 is 2.33 bits per heavy atom. The molecule has 0 saturated carbocycles. The second kappa shape index (κ2) is 4.96. The molecule has 5 heteroatoms. The van der Waals surface area contributed by atoms with Gasteiger partial charge in [-0.15, -0.1) is 11.3 Å². The van der Waals surface area contributed by atoms with E-state index in [2.05, 4.69) is 10.3 Å². The Hall–Kier alpha value is -0.970. The highest BCUT2D eigenvalue weighted by molar-refractivity contribution is 7.20. The van der Waals surface area contributed by atoms with Gasteiger partial charge in [-0.1, -0.05) is 24.1 Å². The molecule has 1 fully saturated rings. The monoisotopic (exact) mass is 280 g/mol. The smallest absolute Gasteiger partial charge is 0.208 e. The zero-order valence-electron chi connectivity index (χ0n) is 9.78. The van der Waals surface area contributed by atoms with Crippen molar-refractivity contribution in [2.75, 3.05) is 6.54 Å². The van der Waals surface area contributed by atoms with E-state index in [1.54, 1.807) is 6.07 Å². The molecular weight excluding hydrogens is 268 g/mol. The second-order valence-electron chi connectivity index (χ2n) is 4.47. The summed E-state index contributed by atoms with van der Waals surface area (Å²) in [5, 5.41) is 4.44. The van der Waals surface area contributed by atoms with E-state index in [1.807, 2.05) is 12.1 Å². The van der Waals surface area contributed by atoms with E-state index >= 15 is 0 Å². The van der Waals surface area contributed by atoms with Crippen molar-refractivity contribution >= 4 is 38.9 Å². The highest BCUT2D eigenvalue weighted by Crippen LogP contribution is 2.29. The average molecular weight is 281 g/mol. The Labute approximate surface area is 114 Å². The third-order valence-corrected chi connectivity index (χ3v) is 4.55. The summed E-state index contributed by atoms with van der Waals surface area (Å²) in [6, 6.07) is 5.56. The van der Waals surface area contributed by atoms with E-state index in [-0.39, 0.29) is 11.8 Å². The van der Waals surface area contributed by atoms with Gasteiger partial charge in [0.1, 0.15) is 5.52 Å². The van der Waals surface area contributed by atoms with Crippen molar-refractivity contribution < 1.29 is 4.79 Å². The van der Waals surface area contributed by atoms with Gasteiger partial charge in [0.25, 0.3) is 0 Å². The second-order valence-corrected chi connectivity index (χ2v) is 5.91. The molecule has 94 valence electrons. The summed E-state index contributed by atoms with van der Waals surface area (Å²) >= 11 is 7.51. The molecule has 3 nitrogen and oxygen atoms in total. The van der Waals surface area contributed by atoms with E-state index in [4.69, 9.17) is 11.6 Å². The van der Waals surface area contributed by atoms with Crippen LogP contribution < -0.4 is 5.32 Å². The molecule has 2 aromatic rings. The highest BCUT2D eigenvalue weighted by Gasteiger charge is 2.24.